The van der Waals surface area contributed by atoms with Crippen molar-refractivity contribution in [3.05, 3.63) is 29.8 Å². The largest absolute Gasteiger partial charge is 0.494 e. The Morgan fingerprint density at radius 3 is 2.53 bits per heavy atom. The van der Waals surface area contributed by atoms with Crippen molar-refractivity contribution in [2.75, 3.05) is 13.7 Å². The molecule has 0 aliphatic rings. The van der Waals surface area contributed by atoms with E-state index in [9.17, 15) is 4.79 Å². The molecule has 0 unspecified atom stereocenters. The fourth-order valence-corrected chi connectivity index (χ4v) is 1.20. The van der Waals surface area contributed by atoms with E-state index in [4.69, 9.17) is 4.74 Å². The monoisotopic (exact) mass is 236 g/mol. The second kappa shape index (κ2) is 6.52. The van der Waals surface area contributed by atoms with Crippen molar-refractivity contribution in [1.29, 1.82) is 0 Å². The number of hydrogen-bond acceptors (Lipinski definition) is 4. The molecule has 5 nitrogen and oxygen atoms in total. The molecule has 1 aromatic rings. The van der Waals surface area contributed by atoms with Gasteiger partial charge in [0.25, 0.3) is 0 Å². The Morgan fingerprint density at radius 1 is 1.35 bits per heavy atom. The lowest BCUT2D eigenvalue weighted by Gasteiger charge is -2.05. The Labute approximate surface area is 100 Å². The normalized spacial score (nSPS) is 10.9. The predicted octanol–water partition coefficient (Wildman–Crippen LogP) is 2.17. The molecule has 0 spiro atoms. The summed E-state index contributed by atoms with van der Waals surface area (Å²) in [5.74, 6) is 0.810. The zero-order valence-corrected chi connectivity index (χ0v) is 10.2. The molecular weight excluding hydrogens is 220 g/mol. The van der Waals surface area contributed by atoms with Gasteiger partial charge in [-0.2, -0.15) is 5.10 Å². The minimum absolute atomic E-state index is 0.588. The van der Waals surface area contributed by atoms with E-state index in [0.29, 0.717) is 12.3 Å². The highest BCUT2D eigenvalue weighted by molar-refractivity contribution is 5.99. The highest BCUT2D eigenvalue weighted by atomic mass is 16.5. The zero-order valence-electron chi connectivity index (χ0n) is 10.2. The molecule has 0 aliphatic carbocycles. The molecular formula is C12H16N2O3. The zero-order chi connectivity index (χ0) is 12.7. The van der Waals surface area contributed by atoms with Crippen molar-refractivity contribution in [1.82, 2.24) is 5.43 Å². The third-order valence-electron chi connectivity index (χ3n) is 2.08. The molecule has 0 aromatic heterocycles. The van der Waals surface area contributed by atoms with Crippen LogP contribution in [0.4, 0.5) is 4.79 Å². The number of rotatable bonds is 4. The molecule has 0 fully saturated rings. The van der Waals surface area contributed by atoms with Gasteiger partial charge < -0.3 is 9.47 Å². The highest BCUT2D eigenvalue weighted by Crippen LogP contribution is 2.12. The first-order valence-electron chi connectivity index (χ1n) is 5.28. The van der Waals surface area contributed by atoms with Gasteiger partial charge in [0.1, 0.15) is 5.75 Å². The Morgan fingerprint density at radius 2 is 2.00 bits per heavy atom. The number of benzene rings is 1. The van der Waals surface area contributed by atoms with Gasteiger partial charge in [-0.3, -0.25) is 0 Å². The van der Waals surface area contributed by atoms with Crippen molar-refractivity contribution in [2.24, 2.45) is 5.10 Å². The van der Waals surface area contributed by atoms with Gasteiger partial charge in [-0.25, -0.2) is 10.2 Å². The summed E-state index contributed by atoms with van der Waals surface area (Å²) in [6.45, 7) is 4.36. The van der Waals surface area contributed by atoms with Crippen LogP contribution in [0.3, 0.4) is 0 Å². The Hall–Kier alpha value is -2.04. The fourth-order valence-electron chi connectivity index (χ4n) is 1.20. The van der Waals surface area contributed by atoms with Crippen molar-refractivity contribution in [2.45, 2.75) is 13.8 Å². The molecule has 5 heteroatoms. The van der Waals surface area contributed by atoms with Crippen LogP contribution in [0.5, 0.6) is 5.75 Å². The molecule has 1 amide bonds. The number of amides is 1. The quantitative estimate of drug-likeness (QED) is 0.643. The summed E-state index contributed by atoms with van der Waals surface area (Å²) in [6, 6.07) is 7.47. The summed E-state index contributed by atoms with van der Waals surface area (Å²) in [4.78, 5) is 10.8. The van der Waals surface area contributed by atoms with Crippen LogP contribution >= 0.6 is 0 Å². The van der Waals surface area contributed by atoms with E-state index in [1.807, 2.05) is 31.2 Å². The average Bonchev–Trinajstić information content (AvgIpc) is 2.36. The maximum atomic E-state index is 10.8. The summed E-state index contributed by atoms with van der Waals surface area (Å²) < 4.78 is 9.74. The van der Waals surface area contributed by atoms with Crippen LogP contribution in [0.1, 0.15) is 19.4 Å². The predicted molar refractivity (Wildman–Crippen MR) is 65.4 cm³/mol. The lowest BCUT2D eigenvalue weighted by molar-refractivity contribution is 0.171. The Balaban J connectivity index is 2.68. The molecule has 1 aromatic carbocycles. The van der Waals surface area contributed by atoms with E-state index in [2.05, 4.69) is 15.3 Å². The molecule has 0 atom stereocenters. The number of nitrogens with zero attached hydrogens (tertiary/aromatic N) is 1. The second-order valence-corrected chi connectivity index (χ2v) is 3.26. The Bertz CT molecular complexity index is 399. The van der Waals surface area contributed by atoms with Crippen molar-refractivity contribution < 1.29 is 14.3 Å². The van der Waals surface area contributed by atoms with Crippen LogP contribution in [-0.2, 0) is 4.74 Å². The number of carbonyl (C=O) groups is 1. The first-order chi connectivity index (χ1) is 8.17. The minimum Gasteiger partial charge on any atom is -0.494 e. The van der Waals surface area contributed by atoms with Crippen molar-refractivity contribution >= 4 is 11.8 Å². The lowest BCUT2D eigenvalue weighted by Crippen LogP contribution is -2.18. The standard InChI is InChI=1S/C12H16N2O3/c1-4-17-11-7-5-10(6-8-11)9(2)13-14-12(15)16-3/h5-8H,4H2,1-3H3,(H,14,15)/b13-9-. The van der Waals surface area contributed by atoms with E-state index in [0.717, 1.165) is 11.3 Å². The smallest absolute Gasteiger partial charge is 0.427 e. The molecule has 1 rings (SSSR count). The van der Waals surface area contributed by atoms with Gasteiger partial charge in [0.05, 0.1) is 19.4 Å². The average molecular weight is 236 g/mol. The molecule has 92 valence electrons. The van der Waals surface area contributed by atoms with Crippen LogP contribution in [0.15, 0.2) is 29.4 Å². The van der Waals surface area contributed by atoms with Gasteiger partial charge in [0.15, 0.2) is 0 Å². The molecule has 0 aliphatic heterocycles. The maximum Gasteiger partial charge on any atom is 0.427 e. The van der Waals surface area contributed by atoms with Gasteiger partial charge in [-0.1, -0.05) is 0 Å². The minimum atomic E-state index is -0.588. The van der Waals surface area contributed by atoms with Gasteiger partial charge >= 0.3 is 6.09 Å². The molecule has 0 radical (unpaired) electrons. The molecule has 0 saturated heterocycles. The topological polar surface area (TPSA) is 59.9 Å². The summed E-state index contributed by atoms with van der Waals surface area (Å²) in [5.41, 5.74) is 3.87. The van der Waals surface area contributed by atoms with E-state index in [1.54, 1.807) is 6.92 Å². The summed E-state index contributed by atoms with van der Waals surface area (Å²) in [5, 5.41) is 3.89. The molecule has 17 heavy (non-hydrogen) atoms. The highest BCUT2D eigenvalue weighted by Gasteiger charge is 2.00. The summed E-state index contributed by atoms with van der Waals surface area (Å²) >= 11 is 0. The summed E-state index contributed by atoms with van der Waals surface area (Å²) in [6.07, 6.45) is -0.588. The third-order valence-corrected chi connectivity index (χ3v) is 2.08. The molecule has 0 heterocycles. The van der Waals surface area contributed by atoms with Gasteiger partial charge in [-0.15, -0.1) is 0 Å². The van der Waals surface area contributed by atoms with Crippen molar-refractivity contribution in [3.8, 4) is 5.75 Å². The van der Waals surface area contributed by atoms with Gasteiger partial charge in [-0.05, 0) is 43.7 Å². The first kappa shape index (κ1) is 13.0. The lowest BCUT2D eigenvalue weighted by atomic mass is 10.1. The van der Waals surface area contributed by atoms with Crippen molar-refractivity contribution in [3.63, 3.8) is 0 Å². The van der Waals surface area contributed by atoms with E-state index in [-0.39, 0.29) is 0 Å². The SMILES string of the molecule is CCOc1ccc(/C(C)=N\NC(=O)OC)cc1. The number of hydrogen-bond donors (Lipinski definition) is 1. The van der Waals surface area contributed by atoms with E-state index >= 15 is 0 Å². The number of ether oxygens (including phenoxy) is 2. The second-order valence-electron chi connectivity index (χ2n) is 3.26. The molecule has 0 saturated carbocycles. The van der Waals surface area contributed by atoms with Gasteiger partial charge in [0.2, 0.25) is 0 Å². The number of hydrazone groups is 1. The van der Waals surface area contributed by atoms with Crippen LogP contribution in [0.2, 0.25) is 0 Å². The molecule has 0 bridgehead atoms. The van der Waals surface area contributed by atoms with Gasteiger partial charge in [0, 0.05) is 0 Å². The Kier molecular flexibility index (Phi) is 5.00. The van der Waals surface area contributed by atoms with Crippen LogP contribution < -0.4 is 10.2 Å². The van der Waals surface area contributed by atoms with E-state index in [1.165, 1.54) is 7.11 Å². The first-order valence-corrected chi connectivity index (χ1v) is 5.28. The van der Waals surface area contributed by atoms with Crippen LogP contribution in [0, 0.1) is 0 Å². The number of methoxy groups -OCH3 is 1. The molecule has 1 N–H and O–H groups in total. The number of nitrogens with one attached hydrogen (secondary N) is 1. The summed E-state index contributed by atoms with van der Waals surface area (Å²) in [7, 11) is 1.29. The van der Waals surface area contributed by atoms with E-state index < -0.39 is 6.09 Å². The van der Waals surface area contributed by atoms with Crippen LogP contribution in [-0.4, -0.2) is 25.5 Å². The number of carbonyl (C=O) groups excluding carboxylic acids is 1. The third kappa shape index (κ3) is 4.14. The maximum absolute atomic E-state index is 10.8. The van der Waals surface area contributed by atoms with Crippen LogP contribution in [0.25, 0.3) is 0 Å². The fraction of sp³-hybridized carbons (Fsp3) is 0.333.